The number of amides is 1. The minimum atomic E-state index is -0.431. The number of nitrogens with zero attached hydrogens (tertiary/aromatic N) is 2. The first-order chi connectivity index (χ1) is 11.8. The van der Waals surface area contributed by atoms with Crippen LogP contribution in [-0.4, -0.2) is 24.2 Å². The van der Waals surface area contributed by atoms with Gasteiger partial charge in [0.15, 0.2) is 0 Å². The van der Waals surface area contributed by atoms with Gasteiger partial charge >= 0.3 is 0 Å². The predicted molar refractivity (Wildman–Crippen MR) is 94.3 cm³/mol. The van der Waals surface area contributed by atoms with Gasteiger partial charge in [0, 0.05) is 35.1 Å². The lowest BCUT2D eigenvalue weighted by Crippen LogP contribution is -2.13. The third-order valence-corrected chi connectivity index (χ3v) is 4.10. The standard InChI is InChI=1S/C19H15N3O2/c1-24-13-5-2-4-12(10-13)21-11-15-18-14-6-3-9-20-16(14)7-8-17(18)22-19(15)23/h2-11,15H,1H3,(H,22,23). The Morgan fingerprint density at radius 3 is 3.00 bits per heavy atom. The Labute approximate surface area is 139 Å². The van der Waals surface area contributed by atoms with Gasteiger partial charge < -0.3 is 10.1 Å². The number of hydrogen-bond acceptors (Lipinski definition) is 4. The fourth-order valence-electron chi connectivity index (χ4n) is 2.95. The average Bonchev–Trinajstić information content (AvgIpc) is 2.96. The van der Waals surface area contributed by atoms with E-state index in [0.717, 1.165) is 33.6 Å². The molecule has 0 radical (unpaired) electrons. The van der Waals surface area contributed by atoms with Crippen molar-refractivity contribution in [3.05, 3.63) is 60.3 Å². The van der Waals surface area contributed by atoms with Crippen molar-refractivity contribution in [1.82, 2.24) is 4.98 Å². The molecule has 3 aromatic rings. The maximum Gasteiger partial charge on any atom is 0.237 e. The molecule has 5 heteroatoms. The monoisotopic (exact) mass is 317 g/mol. The largest absolute Gasteiger partial charge is 0.497 e. The minimum Gasteiger partial charge on any atom is -0.497 e. The van der Waals surface area contributed by atoms with Crippen LogP contribution in [0.25, 0.3) is 10.9 Å². The summed E-state index contributed by atoms with van der Waals surface area (Å²) in [6, 6.07) is 15.1. The number of rotatable bonds is 3. The number of anilines is 1. The van der Waals surface area contributed by atoms with Crippen molar-refractivity contribution < 1.29 is 9.53 Å². The third kappa shape index (κ3) is 2.40. The number of aliphatic imine (C=N–C) groups is 1. The summed E-state index contributed by atoms with van der Waals surface area (Å²) in [6.07, 6.45) is 3.43. The second kappa shape index (κ2) is 5.77. The lowest BCUT2D eigenvalue weighted by molar-refractivity contribution is -0.115. The number of aromatic nitrogens is 1. The first-order valence-corrected chi connectivity index (χ1v) is 7.63. The molecule has 1 aliphatic heterocycles. The molecule has 1 N–H and O–H groups in total. The molecular formula is C19H15N3O2. The van der Waals surface area contributed by atoms with Crippen molar-refractivity contribution in [2.45, 2.75) is 5.92 Å². The topological polar surface area (TPSA) is 63.6 Å². The molecule has 4 rings (SSSR count). The number of hydrogen-bond donors (Lipinski definition) is 1. The lowest BCUT2D eigenvalue weighted by Gasteiger charge is -2.07. The molecule has 0 bridgehead atoms. The zero-order valence-corrected chi connectivity index (χ0v) is 13.1. The molecule has 1 amide bonds. The Kier molecular flexibility index (Phi) is 3.46. The molecule has 2 heterocycles. The summed E-state index contributed by atoms with van der Waals surface area (Å²) in [5.74, 6) is 0.225. The molecule has 0 aliphatic carbocycles. The Balaban J connectivity index is 1.76. The van der Waals surface area contributed by atoms with Crippen molar-refractivity contribution in [3.8, 4) is 5.75 Å². The number of fused-ring (bicyclic) bond motifs is 3. The van der Waals surface area contributed by atoms with Crippen molar-refractivity contribution in [2.24, 2.45) is 4.99 Å². The molecule has 24 heavy (non-hydrogen) atoms. The van der Waals surface area contributed by atoms with E-state index in [1.54, 1.807) is 19.5 Å². The summed E-state index contributed by atoms with van der Waals surface area (Å²) in [5, 5.41) is 3.88. The van der Waals surface area contributed by atoms with Crippen molar-refractivity contribution in [3.63, 3.8) is 0 Å². The molecule has 1 atom stereocenters. The number of ether oxygens (including phenoxy) is 1. The van der Waals surface area contributed by atoms with Crippen LogP contribution in [-0.2, 0) is 4.79 Å². The van der Waals surface area contributed by atoms with Gasteiger partial charge in [0.2, 0.25) is 5.91 Å². The summed E-state index contributed by atoms with van der Waals surface area (Å²) < 4.78 is 5.20. The molecule has 2 aromatic carbocycles. The maximum atomic E-state index is 12.4. The van der Waals surface area contributed by atoms with Crippen LogP contribution in [0.2, 0.25) is 0 Å². The van der Waals surface area contributed by atoms with Crippen LogP contribution in [0.15, 0.2) is 59.7 Å². The molecule has 1 aliphatic rings. The Bertz CT molecular complexity index is 966. The number of carbonyl (C=O) groups excluding carboxylic acids is 1. The minimum absolute atomic E-state index is 0.0759. The van der Waals surface area contributed by atoms with Crippen LogP contribution in [0.4, 0.5) is 11.4 Å². The Hall–Kier alpha value is -3.21. The average molecular weight is 317 g/mol. The second-order valence-electron chi connectivity index (χ2n) is 5.54. The molecule has 0 saturated heterocycles. The highest BCUT2D eigenvalue weighted by Crippen LogP contribution is 2.37. The van der Waals surface area contributed by atoms with Gasteiger partial charge in [0.25, 0.3) is 0 Å². The van der Waals surface area contributed by atoms with E-state index in [1.807, 2.05) is 48.5 Å². The molecule has 0 saturated carbocycles. The predicted octanol–water partition coefficient (Wildman–Crippen LogP) is 3.68. The van der Waals surface area contributed by atoms with Crippen LogP contribution in [0.1, 0.15) is 11.5 Å². The highest BCUT2D eigenvalue weighted by molar-refractivity contribution is 6.16. The van der Waals surface area contributed by atoms with E-state index in [9.17, 15) is 4.79 Å². The first-order valence-electron chi connectivity index (χ1n) is 7.63. The van der Waals surface area contributed by atoms with Gasteiger partial charge in [-0.2, -0.15) is 0 Å². The zero-order valence-electron chi connectivity index (χ0n) is 13.1. The van der Waals surface area contributed by atoms with Gasteiger partial charge in [-0.3, -0.25) is 14.8 Å². The number of nitrogens with one attached hydrogen (secondary N) is 1. The van der Waals surface area contributed by atoms with Crippen LogP contribution in [0, 0.1) is 0 Å². The van der Waals surface area contributed by atoms with E-state index in [1.165, 1.54) is 0 Å². The highest BCUT2D eigenvalue weighted by atomic mass is 16.5. The highest BCUT2D eigenvalue weighted by Gasteiger charge is 2.31. The molecule has 1 aromatic heterocycles. The van der Waals surface area contributed by atoms with Crippen molar-refractivity contribution >= 4 is 34.4 Å². The summed E-state index contributed by atoms with van der Waals surface area (Å²) in [7, 11) is 1.61. The summed E-state index contributed by atoms with van der Waals surface area (Å²) in [6.45, 7) is 0. The number of methoxy groups -OCH3 is 1. The summed E-state index contributed by atoms with van der Waals surface area (Å²) in [4.78, 5) is 21.2. The van der Waals surface area contributed by atoms with Crippen molar-refractivity contribution in [2.75, 3.05) is 12.4 Å². The molecule has 118 valence electrons. The van der Waals surface area contributed by atoms with Gasteiger partial charge in [-0.15, -0.1) is 0 Å². The number of pyridine rings is 1. The van der Waals surface area contributed by atoms with E-state index in [-0.39, 0.29) is 5.91 Å². The van der Waals surface area contributed by atoms with E-state index in [0.29, 0.717) is 0 Å². The van der Waals surface area contributed by atoms with E-state index in [2.05, 4.69) is 15.3 Å². The molecule has 0 spiro atoms. The van der Waals surface area contributed by atoms with Crippen LogP contribution >= 0.6 is 0 Å². The normalized spacial score (nSPS) is 16.4. The van der Waals surface area contributed by atoms with E-state index < -0.39 is 5.92 Å². The quantitative estimate of drug-likeness (QED) is 0.749. The maximum absolute atomic E-state index is 12.4. The molecule has 1 unspecified atom stereocenters. The SMILES string of the molecule is COc1cccc(N=CC2C(=O)Nc3ccc4ncccc4c32)c1. The summed E-state index contributed by atoms with van der Waals surface area (Å²) in [5.41, 5.74) is 3.36. The number of carbonyl (C=O) groups is 1. The van der Waals surface area contributed by atoms with Crippen LogP contribution < -0.4 is 10.1 Å². The van der Waals surface area contributed by atoms with Gasteiger partial charge in [-0.05, 0) is 30.3 Å². The van der Waals surface area contributed by atoms with Crippen LogP contribution in [0.5, 0.6) is 5.75 Å². The van der Waals surface area contributed by atoms with E-state index in [4.69, 9.17) is 4.74 Å². The molecular weight excluding hydrogens is 302 g/mol. The van der Waals surface area contributed by atoms with Gasteiger partial charge in [-0.1, -0.05) is 12.1 Å². The van der Waals surface area contributed by atoms with Gasteiger partial charge in [0.1, 0.15) is 11.7 Å². The first kappa shape index (κ1) is 14.4. The lowest BCUT2D eigenvalue weighted by atomic mass is 9.97. The Morgan fingerprint density at radius 2 is 2.12 bits per heavy atom. The fourth-order valence-corrected chi connectivity index (χ4v) is 2.95. The van der Waals surface area contributed by atoms with Gasteiger partial charge in [-0.25, -0.2) is 0 Å². The van der Waals surface area contributed by atoms with Crippen LogP contribution in [0.3, 0.4) is 0 Å². The van der Waals surface area contributed by atoms with Crippen molar-refractivity contribution in [1.29, 1.82) is 0 Å². The smallest absolute Gasteiger partial charge is 0.237 e. The Morgan fingerprint density at radius 1 is 1.21 bits per heavy atom. The fraction of sp³-hybridized carbons (Fsp3) is 0.105. The second-order valence-corrected chi connectivity index (χ2v) is 5.54. The zero-order chi connectivity index (χ0) is 16.5. The molecule has 5 nitrogen and oxygen atoms in total. The van der Waals surface area contributed by atoms with Gasteiger partial charge in [0.05, 0.1) is 18.3 Å². The number of benzene rings is 2. The summed E-state index contributed by atoms with van der Waals surface area (Å²) >= 11 is 0. The third-order valence-electron chi connectivity index (χ3n) is 4.10. The molecule has 0 fully saturated rings. The van der Waals surface area contributed by atoms with E-state index >= 15 is 0 Å².